The molecule has 0 unspecified atom stereocenters. The third-order valence-electron chi connectivity index (χ3n) is 2.67. The van der Waals surface area contributed by atoms with Gasteiger partial charge in [0.15, 0.2) is 5.82 Å². The standard InChI is InChI=1S/C12H10FN5/c13-9-3-1-8(2-4-9)10-7-11-12(16-14)15-5-6-18(11)17-10/h1-7H,14H2,(H,15,16). The van der Waals surface area contributed by atoms with Gasteiger partial charge in [-0.3, -0.25) is 0 Å². The topological polar surface area (TPSA) is 68.2 Å². The van der Waals surface area contributed by atoms with Crippen molar-refractivity contribution in [3.05, 3.63) is 48.5 Å². The van der Waals surface area contributed by atoms with E-state index in [0.29, 0.717) is 5.82 Å². The van der Waals surface area contributed by atoms with Gasteiger partial charge in [-0.1, -0.05) is 0 Å². The number of hydrazine groups is 1. The Bertz CT molecular complexity index is 689. The van der Waals surface area contributed by atoms with E-state index in [9.17, 15) is 4.39 Å². The van der Waals surface area contributed by atoms with E-state index in [0.717, 1.165) is 16.8 Å². The third kappa shape index (κ3) is 1.68. The van der Waals surface area contributed by atoms with Crippen molar-refractivity contribution in [2.75, 3.05) is 5.43 Å². The van der Waals surface area contributed by atoms with Crippen molar-refractivity contribution in [1.82, 2.24) is 14.6 Å². The number of benzene rings is 1. The first-order valence-corrected chi connectivity index (χ1v) is 5.35. The summed E-state index contributed by atoms with van der Waals surface area (Å²) < 4.78 is 14.5. The van der Waals surface area contributed by atoms with Crippen molar-refractivity contribution >= 4 is 11.3 Å². The Morgan fingerprint density at radius 3 is 2.72 bits per heavy atom. The van der Waals surface area contributed by atoms with Crippen LogP contribution in [-0.4, -0.2) is 14.6 Å². The molecule has 0 spiro atoms. The van der Waals surface area contributed by atoms with Gasteiger partial charge in [0, 0.05) is 18.0 Å². The minimum atomic E-state index is -0.270. The molecule has 3 aromatic rings. The fraction of sp³-hybridized carbons (Fsp3) is 0. The highest BCUT2D eigenvalue weighted by atomic mass is 19.1. The average Bonchev–Trinajstić information content (AvgIpc) is 2.83. The summed E-state index contributed by atoms with van der Waals surface area (Å²) in [5.74, 6) is 5.65. The van der Waals surface area contributed by atoms with Crippen LogP contribution in [0.15, 0.2) is 42.7 Å². The van der Waals surface area contributed by atoms with E-state index in [4.69, 9.17) is 5.84 Å². The van der Waals surface area contributed by atoms with Gasteiger partial charge in [0.2, 0.25) is 0 Å². The highest BCUT2D eigenvalue weighted by Crippen LogP contribution is 2.22. The lowest BCUT2D eigenvalue weighted by atomic mass is 10.1. The molecule has 3 N–H and O–H groups in total. The monoisotopic (exact) mass is 243 g/mol. The maximum absolute atomic E-state index is 12.9. The molecule has 2 aromatic heterocycles. The van der Waals surface area contributed by atoms with E-state index in [-0.39, 0.29) is 5.82 Å². The van der Waals surface area contributed by atoms with Gasteiger partial charge < -0.3 is 5.43 Å². The molecule has 0 aliphatic carbocycles. The zero-order chi connectivity index (χ0) is 12.5. The Kier molecular flexibility index (Phi) is 2.42. The molecular formula is C12H10FN5. The number of aromatic nitrogens is 3. The highest BCUT2D eigenvalue weighted by molar-refractivity contribution is 5.74. The van der Waals surface area contributed by atoms with Gasteiger partial charge in [0.25, 0.3) is 0 Å². The second-order valence-electron chi connectivity index (χ2n) is 3.79. The van der Waals surface area contributed by atoms with E-state index in [1.54, 1.807) is 29.0 Å². The molecule has 18 heavy (non-hydrogen) atoms. The van der Waals surface area contributed by atoms with Gasteiger partial charge in [-0.2, -0.15) is 5.10 Å². The minimum Gasteiger partial charge on any atom is -0.307 e. The Labute approximate surface area is 102 Å². The number of nitrogen functional groups attached to an aromatic ring is 1. The summed E-state index contributed by atoms with van der Waals surface area (Å²) in [7, 11) is 0. The first-order chi connectivity index (χ1) is 8.78. The molecule has 90 valence electrons. The summed E-state index contributed by atoms with van der Waals surface area (Å²) in [6, 6.07) is 8.01. The summed E-state index contributed by atoms with van der Waals surface area (Å²) in [6.07, 6.45) is 3.33. The first kappa shape index (κ1) is 10.7. The van der Waals surface area contributed by atoms with Crippen LogP contribution in [0.3, 0.4) is 0 Å². The maximum Gasteiger partial charge on any atom is 0.166 e. The summed E-state index contributed by atoms with van der Waals surface area (Å²) in [4.78, 5) is 4.09. The molecule has 0 saturated heterocycles. The van der Waals surface area contributed by atoms with Crippen LogP contribution in [-0.2, 0) is 0 Å². The van der Waals surface area contributed by atoms with E-state index < -0.39 is 0 Å². The van der Waals surface area contributed by atoms with Crippen molar-refractivity contribution < 1.29 is 4.39 Å². The number of fused-ring (bicyclic) bond motifs is 1. The molecule has 0 aliphatic rings. The molecule has 0 bridgehead atoms. The third-order valence-corrected chi connectivity index (χ3v) is 2.67. The predicted octanol–water partition coefficient (Wildman–Crippen LogP) is 1.82. The van der Waals surface area contributed by atoms with Crippen LogP contribution < -0.4 is 11.3 Å². The van der Waals surface area contributed by atoms with Crippen molar-refractivity contribution in [2.24, 2.45) is 5.84 Å². The van der Waals surface area contributed by atoms with Crippen LogP contribution in [0.5, 0.6) is 0 Å². The van der Waals surface area contributed by atoms with Gasteiger partial charge >= 0.3 is 0 Å². The van der Waals surface area contributed by atoms with Crippen LogP contribution in [0.4, 0.5) is 10.2 Å². The van der Waals surface area contributed by atoms with E-state index in [1.807, 2.05) is 6.07 Å². The van der Waals surface area contributed by atoms with E-state index in [1.165, 1.54) is 12.1 Å². The fourth-order valence-electron chi connectivity index (χ4n) is 1.80. The van der Waals surface area contributed by atoms with Crippen molar-refractivity contribution in [3.8, 4) is 11.3 Å². The van der Waals surface area contributed by atoms with Crippen molar-refractivity contribution in [3.63, 3.8) is 0 Å². The largest absolute Gasteiger partial charge is 0.307 e. The predicted molar refractivity (Wildman–Crippen MR) is 66.2 cm³/mol. The molecule has 2 heterocycles. The lowest BCUT2D eigenvalue weighted by molar-refractivity contribution is 0.628. The molecule has 6 heteroatoms. The molecule has 0 fully saturated rings. The quantitative estimate of drug-likeness (QED) is 0.532. The normalized spacial score (nSPS) is 10.8. The Morgan fingerprint density at radius 2 is 2.00 bits per heavy atom. The Morgan fingerprint density at radius 1 is 1.22 bits per heavy atom. The molecular weight excluding hydrogens is 233 g/mol. The summed E-state index contributed by atoms with van der Waals surface area (Å²) in [6.45, 7) is 0. The number of hydrogen-bond acceptors (Lipinski definition) is 4. The van der Waals surface area contributed by atoms with Crippen LogP contribution >= 0.6 is 0 Å². The molecule has 0 saturated carbocycles. The van der Waals surface area contributed by atoms with Gasteiger partial charge in [0.05, 0.1) is 5.69 Å². The molecule has 0 radical (unpaired) electrons. The van der Waals surface area contributed by atoms with Gasteiger partial charge in [-0.15, -0.1) is 0 Å². The summed E-state index contributed by atoms with van der Waals surface area (Å²) >= 11 is 0. The lowest BCUT2D eigenvalue weighted by Crippen LogP contribution is -2.09. The minimum absolute atomic E-state index is 0.270. The van der Waals surface area contributed by atoms with Crippen LogP contribution in [0.2, 0.25) is 0 Å². The Hall–Kier alpha value is -2.47. The lowest BCUT2D eigenvalue weighted by Gasteiger charge is -1.98. The van der Waals surface area contributed by atoms with Crippen LogP contribution in [0.25, 0.3) is 16.8 Å². The number of nitrogens with zero attached hydrogens (tertiary/aromatic N) is 3. The molecule has 1 aromatic carbocycles. The van der Waals surface area contributed by atoms with Gasteiger partial charge in [-0.25, -0.2) is 19.7 Å². The number of nitrogens with one attached hydrogen (secondary N) is 1. The molecule has 5 nitrogen and oxygen atoms in total. The van der Waals surface area contributed by atoms with Gasteiger partial charge in [0.1, 0.15) is 11.3 Å². The molecule has 0 atom stereocenters. The van der Waals surface area contributed by atoms with Crippen LogP contribution in [0.1, 0.15) is 0 Å². The van der Waals surface area contributed by atoms with E-state index in [2.05, 4.69) is 15.5 Å². The molecule has 0 aliphatic heterocycles. The zero-order valence-corrected chi connectivity index (χ0v) is 9.34. The highest BCUT2D eigenvalue weighted by Gasteiger charge is 2.08. The number of halogens is 1. The maximum atomic E-state index is 12.9. The zero-order valence-electron chi connectivity index (χ0n) is 9.34. The van der Waals surface area contributed by atoms with Gasteiger partial charge in [-0.05, 0) is 30.3 Å². The van der Waals surface area contributed by atoms with Crippen molar-refractivity contribution in [2.45, 2.75) is 0 Å². The second-order valence-corrected chi connectivity index (χ2v) is 3.79. The smallest absolute Gasteiger partial charge is 0.166 e. The fourth-order valence-corrected chi connectivity index (χ4v) is 1.80. The average molecular weight is 243 g/mol. The Balaban J connectivity index is 2.16. The summed E-state index contributed by atoms with van der Waals surface area (Å²) in [5, 5.41) is 4.38. The number of nitrogens with two attached hydrogens (primary N) is 1. The van der Waals surface area contributed by atoms with Crippen LogP contribution in [0, 0.1) is 5.82 Å². The summed E-state index contributed by atoms with van der Waals surface area (Å²) in [5.41, 5.74) is 4.85. The SMILES string of the molecule is NNc1nccn2nc(-c3ccc(F)cc3)cc12. The molecule has 3 rings (SSSR count). The van der Waals surface area contributed by atoms with Crippen molar-refractivity contribution in [1.29, 1.82) is 0 Å². The second kappa shape index (κ2) is 4.08. The molecule has 0 amide bonds. The van der Waals surface area contributed by atoms with E-state index >= 15 is 0 Å². The number of anilines is 1. The first-order valence-electron chi connectivity index (χ1n) is 5.35. The number of hydrogen-bond donors (Lipinski definition) is 2. The number of rotatable bonds is 2.